The average molecular weight is 499 g/mol. The van der Waals surface area contributed by atoms with Crippen LogP contribution in [-0.2, 0) is 9.59 Å². The second-order valence-corrected chi connectivity index (χ2v) is 9.05. The van der Waals surface area contributed by atoms with E-state index in [0.29, 0.717) is 24.9 Å². The fraction of sp³-hybridized carbons (Fsp3) is 0.583. The van der Waals surface area contributed by atoms with Crippen LogP contribution < -0.4 is 10.1 Å². The first-order chi connectivity index (χ1) is 16.0. The number of likely N-dealkylation sites (N-methyl/N-ethyl adjacent to an activating group) is 2. The molecular formula is C24H35ClN2O5S. The number of carbonyl (C=O) groups is 4. The molecule has 0 aliphatic heterocycles. The molecule has 2 amide bonds. The quantitative estimate of drug-likeness (QED) is 0.234. The number of benzene rings is 1. The minimum atomic E-state index is -0.830. The van der Waals surface area contributed by atoms with Crippen LogP contribution in [0.1, 0.15) is 78.5 Å². The normalized spacial score (nSPS) is 11.5. The predicted octanol–water partition coefficient (Wildman–Crippen LogP) is 4.66. The molecule has 1 unspecified atom stereocenters. The van der Waals surface area contributed by atoms with E-state index in [-0.39, 0.29) is 29.9 Å². The number of ether oxygens (including phenoxy) is 1. The number of halogens is 1. The van der Waals surface area contributed by atoms with Gasteiger partial charge in [0.05, 0.1) is 12.2 Å². The SMILES string of the molecule is CNC(=O)C(CCC=O)N(C)C(=O)c1c(C=O)cccc1OCCCCCCCCCSCl. The summed E-state index contributed by atoms with van der Waals surface area (Å²) in [6.45, 7) is 0.430. The second-order valence-electron chi connectivity index (χ2n) is 7.76. The Balaban J connectivity index is 2.75. The minimum Gasteiger partial charge on any atom is -0.493 e. The number of nitrogens with zero attached hydrogens (tertiary/aromatic N) is 1. The predicted molar refractivity (Wildman–Crippen MR) is 133 cm³/mol. The van der Waals surface area contributed by atoms with Gasteiger partial charge < -0.3 is 19.7 Å². The van der Waals surface area contributed by atoms with Gasteiger partial charge in [-0.25, -0.2) is 0 Å². The first-order valence-corrected chi connectivity index (χ1v) is 13.2. The van der Waals surface area contributed by atoms with Gasteiger partial charge in [-0.1, -0.05) is 55.2 Å². The molecule has 0 aromatic heterocycles. The molecule has 0 saturated heterocycles. The van der Waals surface area contributed by atoms with Crippen LogP contribution in [0.4, 0.5) is 0 Å². The number of aldehydes is 2. The minimum absolute atomic E-state index is 0.132. The summed E-state index contributed by atoms with van der Waals surface area (Å²) in [5.41, 5.74) is 0.331. The number of unbranched alkanes of at least 4 members (excludes halogenated alkanes) is 6. The Morgan fingerprint density at radius 1 is 1.12 bits per heavy atom. The highest BCUT2D eigenvalue weighted by Crippen LogP contribution is 2.25. The van der Waals surface area contributed by atoms with Crippen LogP contribution in [-0.4, -0.2) is 61.8 Å². The van der Waals surface area contributed by atoms with Crippen molar-refractivity contribution in [3.05, 3.63) is 29.3 Å². The molecule has 0 heterocycles. The lowest BCUT2D eigenvalue weighted by Gasteiger charge is -2.27. The van der Waals surface area contributed by atoms with E-state index in [1.54, 1.807) is 18.2 Å². The van der Waals surface area contributed by atoms with Crippen LogP contribution in [0.3, 0.4) is 0 Å². The molecular weight excluding hydrogens is 464 g/mol. The van der Waals surface area contributed by atoms with Gasteiger partial charge in [-0.15, -0.1) is 0 Å². The summed E-state index contributed by atoms with van der Waals surface area (Å²) in [7, 11) is 9.93. The second kappa shape index (κ2) is 17.4. The van der Waals surface area contributed by atoms with Crippen molar-refractivity contribution < 1.29 is 23.9 Å². The molecule has 0 bridgehead atoms. The Hall–Kier alpha value is -2.06. The third kappa shape index (κ3) is 10.2. The van der Waals surface area contributed by atoms with E-state index in [1.807, 2.05) is 0 Å². The van der Waals surface area contributed by atoms with E-state index in [1.165, 1.54) is 49.2 Å². The molecule has 0 aliphatic carbocycles. The molecule has 1 atom stereocenters. The van der Waals surface area contributed by atoms with Gasteiger partial charge in [0.15, 0.2) is 6.29 Å². The first kappa shape index (κ1) is 29.0. The van der Waals surface area contributed by atoms with E-state index in [0.717, 1.165) is 31.4 Å². The zero-order valence-electron chi connectivity index (χ0n) is 19.5. The summed E-state index contributed by atoms with van der Waals surface area (Å²) in [5, 5.41) is 2.52. The molecule has 0 spiro atoms. The summed E-state index contributed by atoms with van der Waals surface area (Å²) < 4.78 is 5.88. The van der Waals surface area contributed by atoms with Gasteiger partial charge in [0.25, 0.3) is 5.91 Å². The smallest absolute Gasteiger partial charge is 0.258 e. The van der Waals surface area contributed by atoms with Gasteiger partial charge >= 0.3 is 0 Å². The van der Waals surface area contributed by atoms with Crippen LogP contribution in [0, 0.1) is 0 Å². The first-order valence-electron chi connectivity index (χ1n) is 11.4. The topological polar surface area (TPSA) is 92.8 Å². The van der Waals surface area contributed by atoms with Crippen molar-refractivity contribution in [2.45, 2.75) is 63.8 Å². The Morgan fingerprint density at radius 3 is 2.39 bits per heavy atom. The molecule has 1 aromatic carbocycles. The molecule has 0 saturated carbocycles. The van der Waals surface area contributed by atoms with Crippen molar-refractivity contribution in [1.29, 1.82) is 0 Å². The Kier molecular flexibility index (Phi) is 15.3. The summed E-state index contributed by atoms with van der Waals surface area (Å²) in [6.07, 6.45) is 9.32. The number of hydrogen-bond donors (Lipinski definition) is 1. The standard InChI is InChI=1S/C24H35ClN2O5S/c1-26-23(30)20(13-11-15-28)27(2)24(31)22-19(18-29)12-10-14-21(22)32-16-8-6-4-3-5-7-9-17-33-25/h10,12,14-15,18,20H,3-9,11,13,16-17H2,1-2H3,(H,26,30). The lowest BCUT2D eigenvalue weighted by molar-refractivity contribution is -0.125. The fourth-order valence-electron chi connectivity index (χ4n) is 3.53. The van der Waals surface area contributed by atoms with Crippen molar-refractivity contribution in [2.24, 2.45) is 0 Å². The van der Waals surface area contributed by atoms with Crippen molar-refractivity contribution in [1.82, 2.24) is 10.2 Å². The maximum Gasteiger partial charge on any atom is 0.258 e. The number of nitrogens with one attached hydrogen (secondary N) is 1. The summed E-state index contributed by atoms with van der Waals surface area (Å²) >= 11 is 0. The highest BCUT2D eigenvalue weighted by atomic mass is 35.7. The van der Waals surface area contributed by atoms with Gasteiger partial charge in [0.1, 0.15) is 18.1 Å². The summed E-state index contributed by atoms with van der Waals surface area (Å²) in [6, 6.07) is 4.04. The number of rotatable bonds is 18. The van der Waals surface area contributed by atoms with Gasteiger partial charge in [0, 0.05) is 31.8 Å². The molecule has 1 N–H and O–H groups in total. The van der Waals surface area contributed by atoms with Gasteiger partial charge in [0.2, 0.25) is 5.91 Å². The van der Waals surface area contributed by atoms with Crippen molar-refractivity contribution in [2.75, 3.05) is 26.5 Å². The van der Waals surface area contributed by atoms with Crippen molar-refractivity contribution in [3.8, 4) is 5.75 Å². The third-order valence-electron chi connectivity index (χ3n) is 5.42. The van der Waals surface area contributed by atoms with E-state index in [9.17, 15) is 19.2 Å². The fourth-order valence-corrected chi connectivity index (χ4v) is 4.17. The van der Waals surface area contributed by atoms with Crippen LogP contribution in [0.5, 0.6) is 5.75 Å². The van der Waals surface area contributed by atoms with Crippen LogP contribution in [0.15, 0.2) is 18.2 Å². The average Bonchev–Trinajstić information content (AvgIpc) is 2.84. The van der Waals surface area contributed by atoms with Crippen molar-refractivity contribution >= 4 is 46.0 Å². The number of carbonyl (C=O) groups excluding carboxylic acids is 4. The summed E-state index contributed by atoms with van der Waals surface area (Å²) in [4.78, 5) is 49.2. The molecule has 0 fully saturated rings. The summed E-state index contributed by atoms with van der Waals surface area (Å²) in [5.74, 6) is 0.440. The van der Waals surface area contributed by atoms with Crippen LogP contribution in [0.25, 0.3) is 0 Å². The lowest BCUT2D eigenvalue weighted by atomic mass is 10.0. The van der Waals surface area contributed by atoms with E-state index < -0.39 is 11.9 Å². The van der Waals surface area contributed by atoms with Crippen molar-refractivity contribution in [3.63, 3.8) is 0 Å². The van der Waals surface area contributed by atoms with Gasteiger partial charge in [-0.05, 0) is 36.0 Å². The largest absolute Gasteiger partial charge is 0.493 e. The lowest BCUT2D eigenvalue weighted by Crippen LogP contribution is -2.47. The Morgan fingerprint density at radius 2 is 1.79 bits per heavy atom. The zero-order chi connectivity index (χ0) is 24.5. The molecule has 0 radical (unpaired) electrons. The Bertz CT molecular complexity index is 762. The zero-order valence-corrected chi connectivity index (χ0v) is 21.1. The van der Waals surface area contributed by atoms with E-state index in [2.05, 4.69) is 5.32 Å². The van der Waals surface area contributed by atoms with Gasteiger partial charge in [-0.2, -0.15) is 0 Å². The van der Waals surface area contributed by atoms with Crippen LogP contribution >= 0.6 is 21.7 Å². The molecule has 1 rings (SSSR count). The molecule has 184 valence electrons. The van der Waals surface area contributed by atoms with E-state index in [4.69, 9.17) is 15.4 Å². The van der Waals surface area contributed by atoms with Gasteiger partial charge in [-0.3, -0.25) is 14.4 Å². The molecule has 7 nitrogen and oxygen atoms in total. The molecule has 33 heavy (non-hydrogen) atoms. The van der Waals surface area contributed by atoms with Crippen LogP contribution in [0.2, 0.25) is 0 Å². The Labute approximate surface area is 205 Å². The molecule has 0 aliphatic rings. The maximum atomic E-state index is 13.3. The molecule has 9 heteroatoms. The third-order valence-corrected chi connectivity index (χ3v) is 6.32. The monoisotopic (exact) mass is 498 g/mol. The van der Waals surface area contributed by atoms with E-state index >= 15 is 0 Å². The number of amides is 2. The highest BCUT2D eigenvalue weighted by Gasteiger charge is 2.29. The highest BCUT2D eigenvalue weighted by molar-refractivity contribution is 8.21. The number of hydrogen-bond acceptors (Lipinski definition) is 6. The maximum absolute atomic E-state index is 13.3. The molecule has 1 aromatic rings.